The first-order chi connectivity index (χ1) is 5.07. The van der Waals surface area contributed by atoms with Crippen molar-refractivity contribution in [1.82, 2.24) is 0 Å². The Morgan fingerprint density at radius 3 is 2.36 bits per heavy atom. The van der Waals surface area contributed by atoms with Crippen LogP contribution in [-0.2, 0) is 9.59 Å². The van der Waals surface area contributed by atoms with Crippen molar-refractivity contribution in [3.05, 3.63) is 0 Å². The molecule has 4 heteroatoms. The standard InChI is InChI=1S/C7H13NO3/c1-2-5(8)6(9)3-4-7(10)11/h5H,2-4,8H2,1H3,(H,10,11). The molecule has 0 aliphatic carbocycles. The Hall–Kier alpha value is -0.900. The van der Waals surface area contributed by atoms with Crippen LogP contribution >= 0.6 is 0 Å². The molecule has 0 aromatic rings. The summed E-state index contributed by atoms with van der Waals surface area (Å²) in [5.41, 5.74) is 5.36. The number of carboxylic acids is 1. The van der Waals surface area contributed by atoms with Crippen molar-refractivity contribution in [1.29, 1.82) is 0 Å². The minimum Gasteiger partial charge on any atom is -0.481 e. The molecule has 0 amide bonds. The molecule has 4 nitrogen and oxygen atoms in total. The Labute approximate surface area is 65.4 Å². The average molecular weight is 159 g/mol. The Kier molecular flexibility index (Phi) is 4.45. The quantitative estimate of drug-likeness (QED) is 0.598. The van der Waals surface area contributed by atoms with E-state index in [1.807, 2.05) is 0 Å². The maximum atomic E-state index is 10.9. The largest absolute Gasteiger partial charge is 0.481 e. The SMILES string of the molecule is CCC(N)C(=O)CCC(=O)O. The monoisotopic (exact) mass is 159 g/mol. The average Bonchev–Trinajstić information content (AvgIpc) is 1.98. The summed E-state index contributed by atoms with van der Waals surface area (Å²) in [5.74, 6) is -1.13. The van der Waals surface area contributed by atoms with Crippen molar-refractivity contribution >= 4 is 11.8 Å². The number of carboxylic acid groups (broad SMARTS) is 1. The molecule has 0 aromatic heterocycles. The van der Waals surface area contributed by atoms with Gasteiger partial charge in [0.2, 0.25) is 0 Å². The van der Waals surface area contributed by atoms with E-state index in [0.717, 1.165) is 0 Å². The van der Waals surface area contributed by atoms with Gasteiger partial charge < -0.3 is 10.8 Å². The van der Waals surface area contributed by atoms with Gasteiger partial charge in [0.15, 0.2) is 0 Å². The topological polar surface area (TPSA) is 80.4 Å². The zero-order chi connectivity index (χ0) is 8.85. The molecule has 3 N–H and O–H groups in total. The van der Waals surface area contributed by atoms with E-state index in [4.69, 9.17) is 10.8 Å². The number of nitrogens with two attached hydrogens (primary N) is 1. The Morgan fingerprint density at radius 1 is 1.45 bits per heavy atom. The lowest BCUT2D eigenvalue weighted by Gasteiger charge is -2.04. The third kappa shape index (κ3) is 4.50. The molecule has 0 bridgehead atoms. The zero-order valence-electron chi connectivity index (χ0n) is 6.54. The van der Waals surface area contributed by atoms with E-state index >= 15 is 0 Å². The number of hydrogen-bond acceptors (Lipinski definition) is 3. The molecule has 11 heavy (non-hydrogen) atoms. The lowest BCUT2D eigenvalue weighted by atomic mass is 10.1. The van der Waals surface area contributed by atoms with Gasteiger partial charge in [0, 0.05) is 6.42 Å². The predicted octanol–water partition coefficient (Wildman–Crippen LogP) is 0.158. The van der Waals surface area contributed by atoms with Crippen molar-refractivity contribution in [2.24, 2.45) is 5.73 Å². The Morgan fingerprint density at radius 2 is 2.00 bits per heavy atom. The van der Waals surface area contributed by atoms with Crippen LogP contribution in [0.5, 0.6) is 0 Å². The van der Waals surface area contributed by atoms with Gasteiger partial charge in [0.25, 0.3) is 0 Å². The maximum absolute atomic E-state index is 10.9. The summed E-state index contributed by atoms with van der Waals surface area (Å²) in [5, 5.41) is 8.22. The molecule has 64 valence electrons. The molecule has 1 unspecified atom stereocenters. The molecule has 0 saturated heterocycles. The Bertz CT molecular complexity index is 156. The minimum atomic E-state index is -0.957. The normalized spacial score (nSPS) is 12.5. The highest BCUT2D eigenvalue weighted by Gasteiger charge is 2.11. The van der Waals surface area contributed by atoms with E-state index in [0.29, 0.717) is 6.42 Å². The van der Waals surface area contributed by atoms with E-state index in [1.165, 1.54) is 0 Å². The minimum absolute atomic E-state index is 0.0460. The molecule has 1 atom stereocenters. The summed E-state index contributed by atoms with van der Waals surface area (Å²) in [6, 6.07) is -0.491. The predicted molar refractivity (Wildman–Crippen MR) is 40.1 cm³/mol. The van der Waals surface area contributed by atoms with Crippen LogP contribution in [0.4, 0.5) is 0 Å². The molecule has 0 spiro atoms. The lowest BCUT2D eigenvalue weighted by molar-refractivity contribution is -0.138. The number of carbonyl (C=O) groups excluding carboxylic acids is 1. The molecule has 0 fully saturated rings. The van der Waals surface area contributed by atoms with E-state index in [9.17, 15) is 9.59 Å². The molecule has 0 rings (SSSR count). The summed E-state index contributed by atoms with van der Waals surface area (Å²) in [6.45, 7) is 1.79. The molecule has 0 saturated carbocycles. The highest BCUT2D eigenvalue weighted by Crippen LogP contribution is 1.97. The number of hydrogen-bond donors (Lipinski definition) is 2. The van der Waals surface area contributed by atoms with Gasteiger partial charge in [0.1, 0.15) is 5.78 Å². The maximum Gasteiger partial charge on any atom is 0.303 e. The van der Waals surface area contributed by atoms with Gasteiger partial charge >= 0.3 is 5.97 Å². The van der Waals surface area contributed by atoms with Crippen molar-refractivity contribution < 1.29 is 14.7 Å². The van der Waals surface area contributed by atoms with Crippen LogP contribution in [0, 0.1) is 0 Å². The first-order valence-corrected chi connectivity index (χ1v) is 3.58. The van der Waals surface area contributed by atoms with Gasteiger partial charge in [-0.15, -0.1) is 0 Å². The first kappa shape index (κ1) is 10.1. The van der Waals surface area contributed by atoms with Crippen LogP contribution < -0.4 is 5.73 Å². The smallest absolute Gasteiger partial charge is 0.303 e. The zero-order valence-corrected chi connectivity index (χ0v) is 6.54. The third-order valence-electron chi connectivity index (χ3n) is 1.44. The van der Waals surface area contributed by atoms with Gasteiger partial charge in [-0.25, -0.2) is 0 Å². The molecule has 0 aliphatic heterocycles. The molecular weight excluding hydrogens is 146 g/mol. The van der Waals surface area contributed by atoms with E-state index in [1.54, 1.807) is 6.92 Å². The molecule has 0 heterocycles. The highest BCUT2D eigenvalue weighted by molar-refractivity contribution is 5.86. The van der Waals surface area contributed by atoms with Crippen molar-refractivity contribution in [2.45, 2.75) is 32.2 Å². The van der Waals surface area contributed by atoms with Crippen LogP contribution in [-0.4, -0.2) is 22.9 Å². The van der Waals surface area contributed by atoms with E-state index < -0.39 is 12.0 Å². The summed E-state index contributed by atoms with van der Waals surface area (Å²) >= 11 is 0. The van der Waals surface area contributed by atoms with Gasteiger partial charge in [-0.3, -0.25) is 9.59 Å². The van der Waals surface area contributed by atoms with Crippen molar-refractivity contribution in [2.75, 3.05) is 0 Å². The van der Waals surface area contributed by atoms with Crippen LogP contribution in [0.3, 0.4) is 0 Å². The third-order valence-corrected chi connectivity index (χ3v) is 1.44. The summed E-state index contributed by atoms with van der Waals surface area (Å²) in [4.78, 5) is 20.9. The summed E-state index contributed by atoms with van der Waals surface area (Å²) in [7, 11) is 0. The van der Waals surface area contributed by atoms with Gasteiger partial charge in [0.05, 0.1) is 12.5 Å². The fraction of sp³-hybridized carbons (Fsp3) is 0.714. The van der Waals surface area contributed by atoms with Crippen LogP contribution in [0.1, 0.15) is 26.2 Å². The second kappa shape index (κ2) is 4.85. The molecule has 0 aromatic carbocycles. The van der Waals surface area contributed by atoms with Crippen molar-refractivity contribution in [3.63, 3.8) is 0 Å². The van der Waals surface area contributed by atoms with Crippen molar-refractivity contribution in [3.8, 4) is 0 Å². The highest BCUT2D eigenvalue weighted by atomic mass is 16.4. The second-order valence-corrected chi connectivity index (χ2v) is 2.37. The Balaban J connectivity index is 3.60. The number of rotatable bonds is 5. The fourth-order valence-corrected chi connectivity index (χ4v) is 0.643. The number of carbonyl (C=O) groups is 2. The fourth-order valence-electron chi connectivity index (χ4n) is 0.643. The van der Waals surface area contributed by atoms with Gasteiger partial charge in [-0.2, -0.15) is 0 Å². The van der Waals surface area contributed by atoms with Gasteiger partial charge in [-0.1, -0.05) is 6.92 Å². The second-order valence-electron chi connectivity index (χ2n) is 2.37. The van der Waals surface area contributed by atoms with E-state index in [2.05, 4.69) is 0 Å². The summed E-state index contributed by atoms with van der Waals surface area (Å²) < 4.78 is 0. The molecule has 0 radical (unpaired) electrons. The van der Waals surface area contributed by atoms with E-state index in [-0.39, 0.29) is 18.6 Å². The molecule has 0 aliphatic rings. The van der Waals surface area contributed by atoms with Crippen LogP contribution in [0.25, 0.3) is 0 Å². The number of Topliss-reactive ketones (excluding diaryl/α,β-unsaturated/α-hetero) is 1. The number of ketones is 1. The summed E-state index contributed by atoms with van der Waals surface area (Å²) in [6.07, 6.45) is 0.495. The van der Waals surface area contributed by atoms with Crippen LogP contribution in [0.15, 0.2) is 0 Å². The molecular formula is C7H13NO3. The van der Waals surface area contributed by atoms with Crippen LogP contribution in [0.2, 0.25) is 0 Å². The first-order valence-electron chi connectivity index (χ1n) is 3.58. The lowest BCUT2D eigenvalue weighted by Crippen LogP contribution is -2.29. The number of aliphatic carboxylic acids is 1. The van der Waals surface area contributed by atoms with Gasteiger partial charge in [-0.05, 0) is 6.42 Å².